The van der Waals surface area contributed by atoms with Crippen LogP contribution in [0.4, 0.5) is 0 Å². The van der Waals surface area contributed by atoms with E-state index in [-0.39, 0.29) is 5.41 Å². The van der Waals surface area contributed by atoms with Crippen LogP contribution in [-0.2, 0) is 11.8 Å². The molecule has 1 unspecified atom stereocenters. The van der Waals surface area contributed by atoms with Gasteiger partial charge in [-0.1, -0.05) is 56.1 Å². The van der Waals surface area contributed by atoms with Crippen molar-refractivity contribution in [2.24, 2.45) is 0 Å². The fourth-order valence-electron chi connectivity index (χ4n) is 1.80. The Morgan fingerprint density at radius 2 is 2.00 bits per heavy atom. The molecule has 1 N–H and O–H groups in total. The minimum Gasteiger partial charge on any atom is -0.388 e. The van der Waals surface area contributed by atoms with Crippen molar-refractivity contribution in [2.75, 3.05) is 0 Å². The van der Waals surface area contributed by atoms with Gasteiger partial charge in [-0.15, -0.1) is 11.3 Å². The van der Waals surface area contributed by atoms with Crippen LogP contribution in [0, 0.1) is 0 Å². The van der Waals surface area contributed by atoms with Crippen molar-refractivity contribution in [2.45, 2.75) is 38.7 Å². The molecule has 0 aliphatic carbocycles. The molecule has 2 rings (SSSR count). The highest BCUT2D eigenvalue weighted by Gasteiger charge is 2.20. The van der Waals surface area contributed by atoms with Gasteiger partial charge < -0.3 is 5.11 Å². The van der Waals surface area contributed by atoms with Crippen LogP contribution >= 0.6 is 34.5 Å². The second-order valence-corrected chi connectivity index (χ2v) is 7.47. The lowest BCUT2D eigenvalue weighted by Gasteiger charge is -2.15. The molecule has 0 radical (unpaired) electrons. The summed E-state index contributed by atoms with van der Waals surface area (Å²) in [6.07, 6.45) is -0.249. The molecule has 2 aromatic rings. The quantitative estimate of drug-likeness (QED) is 0.857. The molecule has 0 saturated carbocycles. The van der Waals surface area contributed by atoms with Crippen molar-refractivity contribution in [3.8, 4) is 0 Å². The Morgan fingerprint density at radius 3 is 2.60 bits per heavy atom. The zero-order valence-electron chi connectivity index (χ0n) is 11.7. The van der Waals surface area contributed by atoms with Gasteiger partial charge in [-0.05, 0) is 6.07 Å². The second kappa shape index (κ2) is 6.02. The highest BCUT2D eigenvalue weighted by atomic mass is 35.5. The average molecular weight is 330 g/mol. The Kier molecular flexibility index (Phi) is 4.75. The number of hydrogen-bond donors (Lipinski definition) is 1. The maximum atomic E-state index is 10.3. The Bertz CT molecular complexity index is 604. The van der Waals surface area contributed by atoms with Gasteiger partial charge in [0, 0.05) is 22.8 Å². The van der Waals surface area contributed by atoms with Crippen molar-refractivity contribution >= 4 is 34.5 Å². The summed E-state index contributed by atoms with van der Waals surface area (Å²) in [5, 5.41) is 14.1. The van der Waals surface area contributed by atoms with Crippen LogP contribution in [0.15, 0.2) is 23.6 Å². The molecule has 0 amide bonds. The number of aromatic nitrogens is 1. The highest BCUT2D eigenvalue weighted by Crippen LogP contribution is 2.32. The topological polar surface area (TPSA) is 33.1 Å². The third-order valence-electron chi connectivity index (χ3n) is 3.03. The normalized spacial score (nSPS) is 13.5. The van der Waals surface area contributed by atoms with Gasteiger partial charge in [0.25, 0.3) is 0 Å². The Balaban J connectivity index is 2.18. The van der Waals surface area contributed by atoms with Gasteiger partial charge in [-0.25, -0.2) is 4.98 Å². The number of thiazole rings is 1. The van der Waals surface area contributed by atoms with E-state index in [2.05, 4.69) is 25.8 Å². The van der Waals surface area contributed by atoms with Gasteiger partial charge in [0.15, 0.2) is 0 Å². The zero-order chi connectivity index (χ0) is 14.9. The van der Waals surface area contributed by atoms with Crippen LogP contribution in [0.3, 0.4) is 0 Å². The summed E-state index contributed by atoms with van der Waals surface area (Å²) >= 11 is 13.7. The van der Waals surface area contributed by atoms with Crippen LogP contribution in [0.2, 0.25) is 10.0 Å². The van der Waals surface area contributed by atoms with Gasteiger partial charge in [-0.3, -0.25) is 0 Å². The molecule has 0 saturated heterocycles. The standard InChI is InChI=1S/C15H17Cl2NOS/c1-15(2,3)12-8-20-13(18-12)7-11(19)9-5-4-6-10(16)14(9)17/h4-6,8,11,19H,7H2,1-3H3. The van der Waals surface area contributed by atoms with Crippen LogP contribution in [0.5, 0.6) is 0 Å². The molecule has 0 fully saturated rings. The Hall–Kier alpha value is -0.610. The molecule has 1 atom stereocenters. The van der Waals surface area contributed by atoms with E-state index in [1.807, 2.05) is 5.38 Å². The summed E-state index contributed by atoms with van der Waals surface area (Å²) < 4.78 is 0. The number of nitrogens with zero attached hydrogens (tertiary/aromatic N) is 1. The maximum Gasteiger partial charge on any atom is 0.0957 e. The van der Waals surface area contributed by atoms with Gasteiger partial charge in [0.05, 0.1) is 26.9 Å². The lowest BCUT2D eigenvalue weighted by molar-refractivity contribution is 0.178. The van der Waals surface area contributed by atoms with Crippen molar-refractivity contribution < 1.29 is 5.11 Å². The molecule has 0 bridgehead atoms. The number of benzene rings is 1. The van der Waals surface area contributed by atoms with Crippen molar-refractivity contribution in [1.29, 1.82) is 0 Å². The smallest absolute Gasteiger partial charge is 0.0957 e. The largest absolute Gasteiger partial charge is 0.388 e. The lowest BCUT2D eigenvalue weighted by atomic mass is 9.93. The summed E-state index contributed by atoms with van der Waals surface area (Å²) in [6, 6.07) is 5.29. The van der Waals surface area contributed by atoms with Gasteiger partial charge in [-0.2, -0.15) is 0 Å². The van der Waals surface area contributed by atoms with Crippen LogP contribution < -0.4 is 0 Å². The number of rotatable bonds is 3. The average Bonchev–Trinajstić information content (AvgIpc) is 2.81. The Morgan fingerprint density at radius 1 is 1.30 bits per heavy atom. The summed E-state index contributed by atoms with van der Waals surface area (Å²) in [5.41, 5.74) is 1.71. The zero-order valence-corrected chi connectivity index (χ0v) is 14.0. The van der Waals surface area contributed by atoms with Crippen molar-refractivity contribution in [3.63, 3.8) is 0 Å². The third kappa shape index (κ3) is 3.53. The van der Waals surface area contributed by atoms with Gasteiger partial charge in [0.1, 0.15) is 0 Å². The predicted octanol–water partition coefficient (Wildman–Crippen LogP) is 5.02. The first-order chi connectivity index (χ1) is 9.29. The second-order valence-electron chi connectivity index (χ2n) is 5.74. The molecule has 108 valence electrons. The molecule has 1 aromatic heterocycles. The highest BCUT2D eigenvalue weighted by molar-refractivity contribution is 7.09. The fraction of sp³-hybridized carbons (Fsp3) is 0.400. The minimum absolute atomic E-state index is 0.0212. The molecule has 5 heteroatoms. The molecule has 20 heavy (non-hydrogen) atoms. The van der Waals surface area contributed by atoms with E-state index in [4.69, 9.17) is 23.2 Å². The number of aliphatic hydroxyl groups excluding tert-OH is 1. The van der Waals surface area contributed by atoms with Crippen LogP contribution in [0.1, 0.15) is 43.1 Å². The molecular formula is C15H17Cl2NOS. The molecule has 2 nitrogen and oxygen atoms in total. The van der Waals surface area contributed by atoms with Gasteiger partial charge in [0.2, 0.25) is 0 Å². The predicted molar refractivity (Wildman–Crippen MR) is 85.9 cm³/mol. The summed E-state index contributed by atoms with van der Waals surface area (Å²) in [5.74, 6) is 0. The number of halogens is 2. The van der Waals surface area contributed by atoms with E-state index in [9.17, 15) is 5.11 Å². The first-order valence-corrected chi connectivity index (χ1v) is 7.99. The molecular weight excluding hydrogens is 313 g/mol. The summed E-state index contributed by atoms with van der Waals surface area (Å²) in [4.78, 5) is 4.58. The minimum atomic E-state index is -0.694. The first kappa shape index (κ1) is 15.8. The number of aliphatic hydroxyl groups is 1. The van der Waals surface area contributed by atoms with E-state index in [1.165, 1.54) is 0 Å². The first-order valence-electron chi connectivity index (χ1n) is 6.36. The molecule has 0 spiro atoms. The number of hydrogen-bond acceptors (Lipinski definition) is 3. The van der Waals surface area contributed by atoms with E-state index < -0.39 is 6.10 Å². The molecule has 0 aliphatic heterocycles. The van der Waals surface area contributed by atoms with Crippen LogP contribution in [0.25, 0.3) is 0 Å². The maximum absolute atomic E-state index is 10.3. The molecule has 1 heterocycles. The SMILES string of the molecule is CC(C)(C)c1csc(CC(O)c2cccc(Cl)c2Cl)n1. The van der Waals surface area contributed by atoms with Crippen molar-refractivity contribution in [1.82, 2.24) is 4.98 Å². The third-order valence-corrected chi connectivity index (χ3v) is 4.73. The lowest BCUT2D eigenvalue weighted by Crippen LogP contribution is -2.12. The monoisotopic (exact) mass is 329 g/mol. The fourth-order valence-corrected chi connectivity index (χ4v) is 3.30. The summed E-state index contributed by atoms with van der Waals surface area (Å²) in [7, 11) is 0. The van der Waals surface area contributed by atoms with Gasteiger partial charge >= 0.3 is 0 Å². The molecule has 0 aliphatic rings. The summed E-state index contributed by atoms with van der Waals surface area (Å²) in [6.45, 7) is 6.36. The van der Waals surface area contributed by atoms with E-state index in [0.717, 1.165) is 10.7 Å². The van der Waals surface area contributed by atoms with E-state index >= 15 is 0 Å². The van der Waals surface area contributed by atoms with Crippen LogP contribution in [-0.4, -0.2) is 10.1 Å². The van der Waals surface area contributed by atoms with E-state index in [0.29, 0.717) is 22.0 Å². The molecule has 1 aromatic carbocycles. The van der Waals surface area contributed by atoms with E-state index in [1.54, 1.807) is 29.5 Å². The van der Waals surface area contributed by atoms with Crippen molar-refractivity contribution in [3.05, 3.63) is 49.9 Å². The Labute approximate surface area is 133 Å².